The number of nitriles is 8. The van der Waals surface area contributed by atoms with Gasteiger partial charge in [-0.15, -0.1) is 0 Å². The van der Waals surface area contributed by atoms with Crippen LogP contribution in [0.5, 0.6) is 0 Å². The molecule has 28 heavy (non-hydrogen) atoms. The smallest absolute Gasteiger partial charge is 0.177 e. The van der Waals surface area contributed by atoms with Crippen LogP contribution in [0.3, 0.4) is 0 Å². The average Bonchev–Trinajstić information content (AvgIpc) is 2.74. The molecule has 10 heteroatoms. The molecule has 0 amide bonds. The highest BCUT2D eigenvalue weighted by Gasteiger charge is 2.21. The van der Waals surface area contributed by atoms with Crippen molar-refractivity contribution < 1.29 is 0 Å². The molecular formula is C18N10. The first kappa shape index (κ1) is 18.6. The van der Waals surface area contributed by atoms with E-state index >= 15 is 0 Å². The summed E-state index contributed by atoms with van der Waals surface area (Å²) in [6.07, 6.45) is 0. The topological polar surface area (TPSA) is 216 Å². The standard InChI is InChI=1S/C18N10/c19-1-9(2-20)15-11(5-23)12(6-24)16(10(3-21)4-22)18-17(15)27-13(7-25)14(8-26)28-18. The van der Waals surface area contributed by atoms with E-state index in [1.807, 2.05) is 0 Å². The van der Waals surface area contributed by atoms with E-state index in [-0.39, 0.29) is 21.5 Å². The Morgan fingerprint density at radius 3 is 1.04 bits per heavy atom. The zero-order valence-corrected chi connectivity index (χ0v) is 13.5. The molecule has 0 fully saturated rings. The van der Waals surface area contributed by atoms with Gasteiger partial charge in [-0.3, -0.25) is 0 Å². The summed E-state index contributed by atoms with van der Waals surface area (Å²) in [7, 11) is 0. The van der Waals surface area contributed by atoms with Gasteiger partial charge in [0.15, 0.2) is 11.4 Å². The van der Waals surface area contributed by atoms with Gasteiger partial charge in [-0.25, -0.2) is 9.97 Å². The Balaban J connectivity index is 3.69. The van der Waals surface area contributed by atoms with E-state index in [2.05, 4.69) is 9.97 Å². The van der Waals surface area contributed by atoms with Gasteiger partial charge in [0.2, 0.25) is 0 Å². The van der Waals surface area contributed by atoms with Crippen LogP contribution in [-0.4, -0.2) is 9.97 Å². The summed E-state index contributed by atoms with van der Waals surface area (Å²) in [5, 5.41) is 73.7. The zero-order chi connectivity index (χ0) is 20.8. The van der Waals surface area contributed by atoms with Gasteiger partial charge in [0, 0.05) is 0 Å². The lowest BCUT2D eigenvalue weighted by Crippen LogP contribution is -2.26. The summed E-state index contributed by atoms with van der Waals surface area (Å²) < 4.78 is 0. The normalized spacial score (nSPS) is 8.43. The molecule has 0 saturated heterocycles. The van der Waals surface area contributed by atoms with Crippen molar-refractivity contribution in [2.75, 3.05) is 0 Å². The van der Waals surface area contributed by atoms with Gasteiger partial charge >= 0.3 is 0 Å². The Morgan fingerprint density at radius 1 is 0.500 bits per heavy atom. The molecule has 0 N–H and O–H groups in total. The third kappa shape index (κ3) is 2.54. The van der Waals surface area contributed by atoms with Crippen LogP contribution in [0.25, 0.3) is 22.2 Å². The first-order valence-corrected chi connectivity index (χ1v) is 6.93. The summed E-state index contributed by atoms with van der Waals surface area (Å²) in [6.45, 7) is 0. The number of fused-ring (bicyclic) bond motifs is 1. The highest BCUT2D eigenvalue weighted by molar-refractivity contribution is 5.92. The van der Waals surface area contributed by atoms with Gasteiger partial charge in [0.05, 0.1) is 21.6 Å². The lowest BCUT2D eigenvalue weighted by molar-refractivity contribution is 1.18. The number of hydrogen-bond acceptors (Lipinski definition) is 10. The molecular weight excluding hydrogens is 356 g/mol. The van der Waals surface area contributed by atoms with Crippen molar-refractivity contribution in [3.8, 4) is 48.6 Å². The van der Waals surface area contributed by atoms with Crippen LogP contribution >= 0.6 is 0 Å². The highest BCUT2D eigenvalue weighted by Crippen LogP contribution is 2.13. The minimum absolute atomic E-state index is 0.331. The number of rotatable bonds is 0. The summed E-state index contributed by atoms with van der Waals surface area (Å²) in [6, 6.07) is 12.9. The first-order valence-electron chi connectivity index (χ1n) is 6.93. The van der Waals surface area contributed by atoms with Crippen LogP contribution < -0.4 is 10.4 Å². The van der Waals surface area contributed by atoms with Crippen molar-refractivity contribution in [1.29, 1.82) is 42.1 Å². The van der Waals surface area contributed by atoms with Gasteiger partial charge in [0.1, 0.15) is 70.7 Å². The van der Waals surface area contributed by atoms with Crippen molar-refractivity contribution in [3.63, 3.8) is 0 Å². The molecule has 1 aromatic heterocycles. The highest BCUT2D eigenvalue weighted by atomic mass is 14.8. The monoisotopic (exact) mass is 356 g/mol. The number of aromatic nitrogens is 2. The molecule has 0 bridgehead atoms. The molecule has 2 aromatic rings. The largest absolute Gasteiger partial charge is 0.232 e. The van der Waals surface area contributed by atoms with E-state index in [0.29, 0.717) is 0 Å². The second-order valence-corrected chi connectivity index (χ2v) is 4.76. The van der Waals surface area contributed by atoms with Crippen molar-refractivity contribution in [1.82, 2.24) is 9.97 Å². The summed E-state index contributed by atoms with van der Waals surface area (Å²) >= 11 is 0. The minimum Gasteiger partial charge on any atom is -0.232 e. The second kappa shape index (κ2) is 7.41. The summed E-state index contributed by atoms with van der Waals surface area (Å²) in [5.41, 5.74) is -3.72. The van der Waals surface area contributed by atoms with E-state index in [9.17, 15) is 42.1 Å². The van der Waals surface area contributed by atoms with Crippen LogP contribution in [0.4, 0.5) is 0 Å². The van der Waals surface area contributed by atoms with Crippen LogP contribution in [0.2, 0.25) is 0 Å². The Bertz CT molecular complexity index is 1390. The summed E-state index contributed by atoms with van der Waals surface area (Å²) in [5.74, 6) is 0. The molecule has 0 unspecified atom stereocenters. The van der Waals surface area contributed by atoms with Crippen LogP contribution in [0, 0.1) is 90.6 Å². The van der Waals surface area contributed by atoms with Crippen molar-refractivity contribution in [3.05, 3.63) is 33.0 Å². The molecule has 1 aromatic carbocycles. The third-order valence-corrected chi connectivity index (χ3v) is 3.50. The van der Waals surface area contributed by atoms with Crippen LogP contribution in [-0.2, 0) is 0 Å². The second-order valence-electron chi connectivity index (χ2n) is 4.76. The molecule has 1 heterocycles. The number of nitrogens with zero attached hydrogens (tertiary/aromatic N) is 10. The van der Waals surface area contributed by atoms with Gasteiger partial charge in [-0.05, 0) is 0 Å². The molecule has 2 rings (SSSR count). The van der Waals surface area contributed by atoms with Gasteiger partial charge < -0.3 is 0 Å². The van der Waals surface area contributed by atoms with E-state index < -0.39 is 33.7 Å². The number of benzene rings is 1. The Hall–Kier alpha value is -5.78. The van der Waals surface area contributed by atoms with E-state index in [0.717, 1.165) is 0 Å². The average molecular weight is 356 g/mol. The maximum Gasteiger partial charge on any atom is 0.177 e. The fourth-order valence-electron chi connectivity index (χ4n) is 2.41. The number of hydrogen-bond donors (Lipinski definition) is 0. The molecule has 0 aliphatic carbocycles. The van der Waals surface area contributed by atoms with Crippen molar-refractivity contribution in [2.45, 2.75) is 0 Å². The maximum absolute atomic E-state index is 9.53. The lowest BCUT2D eigenvalue weighted by Gasteiger charge is -2.06. The molecule has 10 nitrogen and oxygen atoms in total. The predicted octanol–water partition coefficient (Wildman–Crippen LogP) is -0.488. The SMILES string of the molecule is N#CC(C#N)=c1c(C#N)c(C#N)c(=C(C#N)C#N)c2nc(C#N)c(C#N)nc12. The van der Waals surface area contributed by atoms with E-state index in [1.165, 1.54) is 0 Å². The Kier molecular flexibility index (Phi) is 4.91. The predicted molar refractivity (Wildman–Crippen MR) is 86.9 cm³/mol. The molecule has 0 aliphatic heterocycles. The minimum atomic E-state index is -0.594. The fraction of sp³-hybridized carbons (Fsp3) is 0. The maximum atomic E-state index is 9.53. The van der Waals surface area contributed by atoms with Gasteiger partial charge in [-0.1, -0.05) is 0 Å². The van der Waals surface area contributed by atoms with E-state index in [4.69, 9.17) is 0 Å². The summed E-state index contributed by atoms with van der Waals surface area (Å²) in [4.78, 5) is 7.83. The quantitative estimate of drug-likeness (QED) is 0.589. The first-order chi connectivity index (χ1) is 13.6. The Morgan fingerprint density at radius 2 is 0.821 bits per heavy atom. The van der Waals surface area contributed by atoms with Gasteiger partial charge in [0.25, 0.3) is 0 Å². The van der Waals surface area contributed by atoms with Gasteiger partial charge in [-0.2, -0.15) is 42.1 Å². The molecule has 122 valence electrons. The van der Waals surface area contributed by atoms with Crippen LogP contribution in [0.15, 0.2) is 0 Å². The molecule has 0 atom stereocenters. The van der Waals surface area contributed by atoms with Crippen molar-refractivity contribution in [2.24, 2.45) is 0 Å². The van der Waals surface area contributed by atoms with E-state index in [1.54, 1.807) is 48.6 Å². The lowest BCUT2D eigenvalue weighted by atomic mass is 9.96. The zero-order valence-electron chi connectivity index (χ0n) is 13.5. The van der Waals surface area contributed by atoms with Crippen LogP contribution in [0.1, 0.15) is 22.5 Å². The third-order valence-electron chi connectivity index (χ3n) is 3.50. The molecule has 0 radical (unpaired) electrons. The molecule has 0 spiro atoms. The molecule has 0 aliphatic rings. The van der Waals surface area contributed by atoms with Crippen molar-refractivity contribution >= 4 is 22.2 Å². The Labute approximate surface area is 156 Å². The fourth-order valence-corrected chi connectivity index (χ4v) is 2.41. The molecule has 0 saturated carbocycles.